The van der Waals surface area contributed by atoms with Crippen LogP contribution < -0.4 is 5.73 Å². The minimum absolute atomic E-state index is 0.0217. The summed E-state index contributed by atoms with van der Waals surface area (Å²) in [6.07, 6.45) is 0.0434. The van der Waals surface area contributed by atoms with E-state index in [0.29, 0.717) is 19.6 Å². The van der Waals surface area contributed by atoms with Gasteiger partial charge in [-0.25, -0.2) is 0 Å². The molecule has 1 saturated heterocycles. The van der Waals surface area contributed by atoms with Crippen molar-refractivity contribution in [1.29, 1.82) is 0 Å². The van der Waals surface area contributed by atoms with Gasteiger partial charge in [0.1, 0.15) is 5.54 Å². The van der Waals surface area contributed by atoms with Crippen LogP contribution in [0.5, 0.6) is 0 Å². The maximum absolute atomic E-state index is 11.5. The van der Waals surface area contributed by atoms with E-state index in [0.717, 1.165) is 0 Å². The Morgan fingerprint density at radius 3 is 2.12 bits per heavy atom. The highest BCUT2D eigenvalue weighted by Crippen LogP contribution is 2.18. The van der Waals surface area contributed by atoms with Crippen LogP contribution >= 0.6 is 0 Å². The Bertz CT molecular complexity index is 258. The van der Waals surface area contributed by atoms with Gasteiger partial charge < -0.3 is 19.9 Å². The average molecular weight is 246 g/mol. The molecule has 1 aliphatic rings. The zero-order valence-electron chi connectivity index (χ0n) is 10.9. The van der Waals surface area contributed by atoms with Crippen molar-refractivity contribution in [1.82, 2.24) is 4.90 Å². The highest BCUT2D eigenvalue weighted by Gasteiger charge is 2.38. The summed E-state index contributed by atoms with van der Waals surface area (Å²) in [7, 11) is 4.65. The lowest BCUT2D eigenvalue weighted by Crippen LogP contribution is -2.54. The molecule has 0 aromatic rings. The van der Waals surface area contributed by atoms with Crippen molar-refractivity contribution in [3.8, 4) is 0 Å². The van der Waals surface area contributed by atoms with Crippen LogP contribution in [0.2, 0.25) is 0 Å². The van der Waals surface area contributed by atoms with Crippen LogP contribution in [0.15, 0.2) is 0 Å². The molecular weight excluding hydrogens is 224 g/mol. The summed E-state index contributed by atoms with van der Waals surface area (Å²) in [6, 6.07) is 0. The normalized spacial score (nSPS) is 29.0. The zero-order chi connectivity index (χ0) is 13.1. The minimum Gasteiger partial charge on any atom is -0.468 e. The van der Waals surface area contributed by atoms with E-state index < -0.39 is 11.5 Å². The third-order valence-corrected chi connectivity index (χ3v) is 3.10. The van der Waals surface area contributed by atoms with Gasteiger partial charge in [-0.3, -0.25) is 9.69 Å². The molecule has 0 aromatic carbocycles. The van der Waals surface area contributed by atoms with E-state index in [2.05, 4.69) is 9.64 Å². The fraction of sp³-hybridized carbons (Fsp3) is 0.909. The van der Waals surface area contributed by atoms with Crippen LogP contribution in [0.25, 0.3) is 0 Å². The predicted octanol–water partition coefficient (Wildman–Crippen LogP) is -0.778. The molecule has 0 saturated carbocycles. The number of esters is 1. The Morgan fingerprint density at radius 2 is 1.76 bits per heavy atom. The van der Waals surface area contributed by atoms with E-state index in [9.17, 15) is 4.79 Å². The van der Waals surface area contributed by atoms with E-state index in [-0.39, 0.29) is 12.2 Å². The third kappa shape index (κ3) is 3.38. The Balaban J connectivity index is 2.57. The van der Waals surface area contributed by atoms with Gasteiger partial charge >= 0.3 is 5.97 Å². The quantitative estimate of drug-likeness (QED) is 0.642. The summed E-state index contributed by atoms with van der Waals surface area (Å²) in [5.41, 5.74) is 4.92. The number of nitrogens with two attached hydrogens (primary N) is 1. The molecular formula is C11H22N2O4. The second-order valence-corrected chi connectivity index (χ2v) is 4.65. The summed E-state index contributed by atoms with van der Waals surface area (Å²) < 4.78 is 15.3. The lowest BCUT2D eigenvalue weighted by Gasteiger charge is -2.27. The van der Waals surface area contributed by atoms with Gasteiger partial charge in [0.2, 0.25) is 0 Å². The van der Waals surface area contributed by atoms with E-state index in [4.69, 9.17) is 15.2 Å². The SMILES string of the molecule is COC(=O)C(C)(N)CN1CC(OC)C(OC)C1. The fourth-order valence-electron chi connectivity index (χ4n) is 2.16. The van der Waals surface area contributed by atoms with Gasteiger partial charge in [-0.15, -0.1) is 0 Å². The van der Waals surface area contributed by atoms with Crippen LogP contribution in [-0.2, 0) is 19.0 Å². The average Bonchev–Trinajstić information content (AvgIpc) is 2.69. The van der Waals surface area contributed by atoms with Crippen LogP contribution in [0.3, 0.4) is 0 Å². The molecule has 1 fully saturated rings. The molecule has 6 heteroatoms. The van der Waals surface area contributed by atoms with Gasteiger partial charge in [-0.1, -0.05) is 0 Å². The number of likely N-dealkylation sites (tertiary alicyclic amines) is 1. The molecule has 17 heavy (non-hydrogen) atoms. The van der Waals surface area contributed by atoms with E-state index in [1.54, 1.807) is 21.1 Å². The number of nitrogens with zero attached hydrogens (tertiary/aromatic N) is 1. The summed E-state index contributed by atoms with van der Waals surface area (Å²) >= 11 is 0. The number of rotatable bonds is 5. The Hall–Kier alpha value is -0.690. The summed E-state index contributed by atoms with van der Waals surface area (Å²) in [5.74, 6) is -0.410. The standard InChI is InChI=1S/C11H22N2O4/c1-11(12,10(14)17-4)7-13-5-8(15-2)9(6-13)16-3/h8-9H,5-7,12H2,1-4H3. The molecule has 100 valence electrons. The van der Waals surface area contributed by atoms with Gasteiger partial charge in [0.05, 0.1) is 19.3 Å². The van der Waals surface area contributed by atoms with Crippen LogP contribution in [0, 0.1) is 0 Å². The van der Waals surface area contributed by atoms with Crippen molar-refractivity contribution in [3.05, 3.63) is 0 Å². The van der Waals surface area contributed by atoms with Gasteiger partial charge in [0.25, 0.3) is 0 Å². The number of carbonyl (C=O) groups excluding carboxylic acids is 1. The third-order valence-electron chi connectivity index (χ3n) is 3.10. The lowest BCUT2D eigenvalue weighted by molar-refractivity contribution is -0.147. The van der Waals surface area contributed by atoms with Crippen LogP contribution in [-0.4, -0.2) is 69.6 Å². The second kappa shape index (κ2) is 5.77. The monoisotopic (exact) mass is 246 g/mol. The molecule has 2 N–H and O–H groups in total. The first-order chi connectivity index (χ1) is 7.94. The zero-order valence-corrected chi connectivity index (χ0v) is 10.9. The van der Waals surface area contributed by atoms with Crippen LogP contribution in [0.1, 0.15) is 6.92 Å². The number of methoxy groups -OCH3 is 3. The summed E-state index contributed by atoms with van der Waals surface area (Å²) in [5, 5.41) is 0. The number of ether oxygens (including phenoxy) is 3. The highest BCUT2D eigenvalue weighted by molar-refractivity contribution is 5.80. The first-order valence-corrected chi connectivity index (χ1v) is 5.60. The molecule has 0 radical (unpaired) electrons. The topological polar surface area (TPSA) is 74.0 Å². The number of carbonyl (C=O) groups is 1. The lowest BCUT2D eigenvalue weighted by atomic mass is 10.0. The molecule has 0 aliphatic carbocycles. The molecule has 0 amide bonds. The number of hydrogen-bond donors (Lipinski definition) is 1. The second-order valence-electron chi connectivity index (χ2n) is 4.65. The molecule has 3 unspecified atom stereocenters. The predicted molar refractivity (Wildman–Crippen MR) is 62.6 cm³/mol. The smallest absolute Gasteiger partial charge is 0.326 e. The molecule has 1 rings (SSSR count). The maximum Gasteiger partial charge on any atom is 0.326 e. The van der Waals surface area contributed by atoms with Crippen molar-refractivity contribution >= 4 is 5.97 Å². The van der Waals surface area contributed by atoms with Gasteiger partial charge in [0, 0.05) is 33.9 Å². The van der Waals surface area contributed by atoms with Gasteiger partial charge in [0.15, 0.2) is 0 Å². The first kappa shape index (κ1) is 14.4. The maximum atomic E-state index is 11.5. The molecule has 0 aromatic heterocycles. The van der Waals surface area contributed by atoms with Crippen molar-refractivity contribution in [2.45, 2.75) is 24.7 Å². The van der Waals surface area contributed by atoms with Crippen molar-refractivity contribution in [2.24, 2.45) is 5.73 Å². The van der Waals surface area contributed by atoms with Crippen LogP contribution in [0.4, 0.5) is 0 Å². The van der Waals surface area contributed by atoms with Gasteiger partial charge in [-0.05, 0) is 6.92 Å². The summed E-state index contributed by atoms with van der Waals surface area (Å²) in [4.78, 5) is 13.5. The molecule has 6 nitrogen and oxygen atoms in total. The fourth-order valence-corrected chi connectivity index (χ4v) is 2.16. The first-order valence-electron chi connectivity index (χ1n) is 5.60. The molecule has 3 atom stereocenters. The highest BCUT2D eigenvalue weighted by atomic mass is 16.5. The largest absolute Gasteiger partial charge is 0.468 e. The van der Waals surface area contributed by atoms with Crippen molar-refractivity contribution in [3.63, 3.8) is 0 Å². The van der Waals surface area contributed by atoms with E-state index in [1.807, 2.05) is 0 Å². The molecule has 0 bridgehead atoms. The minimum atomic E-state index is -1.00. The molecule has 0 spiro atoms. The Morgan fingerprint density at radius 1 is 1.29 bits per heavy atom. The Kier molecular flexibility index (Phi) is 4.88. The molecule has 1 aliphatic heterocycles. The van der Waals surface area contributed by atoms with E-state index >= 15 is 0 Å². The van der Waals surface area contributed by atoms with E-state index in [1.165, 1.54) is 7.11 Å². The van der Waals surface area contributed by atoms with Crippen molar-refractivity contribution < 1.29 is 19.0 Å². The molecule has 1 heterocycles. The Labute approximate surface area is 102 Å². The van der Waals surface area contributed by atoms with Crippen molar-refractivity contribution in [2.75, 3.05) is 41.0 Å². The number of hydrogen-bond acceptors (Lipinski definition) is 6. The van der Waals surface area contributed by atoms with Gasteiger partial charge in [-0.2, -0.15) is 0 Å². The summed E-state index contributed by atoms with van der Waals surface area (Å²) in [6.45, 7) is 3.51.